The standard InChI is InChI=1S/C13H17O3P/c1-8-6-11(16-17)9(2)10-4-5-13(3,7-14)15-12(8)10/h6-7H,4-5,17H2,1-3H3. The Morgan fingerprint density at radius 2 is 2.24 bits per heavy atom. The molecule has 0 amide bonds. The van der Waals surface area contributed by atoms with Crippen LogP contribution in [0, 0.1) is 13.8 Å². The summed E-state index contributed by atoms with van der Waals surface area (Å²) >= 11 is 0. The van der Waals surface area contributed by atoms with Crippen LogP contribution in [0.15, 0.2) is 6.07 Å². The maximum atomic E-state index is 11.1. The monoisotopic (exact) mass is 252 g/mol. The normalized spacial score (nSPS) is 22.6. The number of rotatable bonds is 2. The fourth-order valence-electron chi connectivity index (χ4n) is 2.23. The van der Waals surface area contributed by atoms with Crippen molar-refractivity contribution in [3.8, 4) is 11.5 Å². The van der Waals surface area contributed by atoms with Crippen LogP contribution in [0.4, 0.5) is 0 Å². The van der Waals surface area contributed by atoms with Crippen molar-refractivity contribution in [2.45, 2.75) is 39.2 Å². The molecule has 2 rings (SSSR count). The number of aldehydes is 1. The van der Waals surface area contributed by atoms with Crippen LogP contribution in [0.25, 0.3) is 0 Å². The van der Waals surface area contributed by atoms with Crippen LogP contribution >= 0.6 is 9.47 Å². The predicted molar refractivity (Wildman–Crippen MR) is 69.7 cm³/mol. The molecule has 3 nitrogen and oxygen atoms in total. The van der Waals surface area contributed by atoms with Gasteiger partial charge in [0.15, 0.2) is 11.9 Å². The minimum Gasteiger partial charge on any atom is -0.480 e. The maximum absolute atomic E-state index is 11.1. The molecule has 1 aliphatic rings. The third kappa shape index (κ3) is 2.04. The first kappa shape index (κ1) is 12.4. The summed E-state index contributed by atoms with van der Waals surface area (Å²) in [5, 5.41) is 0. The summed E-state index contributed by atoms with van der Waals surface area (Å²) < 4.78 is 11.1. The molecule has 0 N–H and O–H groups in total. The van der Waals surface area contributed by atoms with Gasteiger partial charge in [0, 0.05) is 5.56 Å². The van der Waals surface area contributed by atoms with Gasteiger partial charge in [-0.3, -0.25) is 4.79 Å². The number of hydrogen-bond donors (Lipinski definition) is 0. The van der Waals surface area contributed by atoms with Crippen LogP contribution in [-0.2, 0) is 11.2 Å². The van der Waals surface area contributed by atoms with E-state index >= 15 is 0 Å². The second kappa shape index (κ2) is 4.30. The van der Waals surface area contributed by atoms with Gasteiger partial charge in [0.05, 0.1) is 9.47 Å². The van der Waals surface area contributed by atoms with Crippen LogP contribution in [0.5, 0.6) is 11.5 Å². The summed E-state index contributed by atoms with van der Waals surface area (Å²) in [5.74, 6) is 1.69. The van der Waals surface area contributed by atoms with E-state index in [1.165, 1.54) is 0 Å². The molecule has 0 radical (unpaired) electrons. The lowest BCUT2D eigenvalue weighted by molar-refractivity contribution is -0.121. The Morgan fingerprint density at radius 3 is 2.82 bits per heavy atom. The zero-order valence-electron chi connectivity index (χ0n) is 10.4. The highest BCUT2D eigenvalue weighted by Crippen LogP contribution is 2.40. The van der Waals surface area contributed by atoms with E-state index in [1.807, 2.05) is 26.8 Å². The zero-order chi connectivity index (χ0) is 12.6. The van der Waals surface area contributed by atoms with E-state index in [1.54, 1.807) is 0 Å². The average Bonchev–Trinajstić information content (AvgIpc) is 2.33. The molecule has 2 atom stereocenters. The van der Waals surface area contributed by atoms with Crippen molar-refractivity contribution in [2.24, 2.45) is 0 Å². The largest absolute Gasteiger partial charge is 0.480 e. The van der Waals surface area contributed by atoms with Gasteiger partial charge in [0.25, 0.3) is 0 Å². The summed E-state index contributed by atoms with van der Waals surface area (Å²) in [6.45, 7) is 5.82. The van der Waals surface area contributed by atoms with Gasteiger partial charge in [0.1, 0.15) is 11.5 Å². The molecule has 1 heterocycles. The van der Waals surface area contributed by atoms with Gasteiger partial charge in [-0.15, -0.1) is 0 Å². The fraction of sp³-hybridized carbons (Fsp3) is 0.462. The van der Waals surface area contributed by atoms with Crippen molar-refractivity contribution in [3.63, 3.8) is 0 Å². The first-order valence-electron chi connectivity index (χ1n) is 5.66. The lowest BCUT2D eigenvalue weighted by atomic mass is 9.89. The van der Waals surface area contributed by atoms with E-state index < -0.39 is 5.60 Å². The summed E-state index contributed by atoms with van der Waals surface area (Å²) in [5.41, 5.74) is 2.57. The lowest BCUT2D eigenvalue weighted by Crippen LogP contribution is -2.38. The minimum atomic E-state index is -0.687. The highest BCUT2D eigenvalue weighted by atomic mass is 31.0. The van der Waals surface area contributed by atoms with Crippen LogP contribution in [0.1, 0.15) is 30.0 Å². The number of hydrogen-bond acceptors (Lipinski definition) is 3. The molecule has 4 heteroatoms. The topological polar surface area (TPSA) is 35.5 Å². The summed E-state index contributed by atoms with van der Waals surface area (Å²) in [6, 6.07) is 1.94. The Balaban J connectivity index is 2.53. The molecule has 0 saturated carbocycles. The van der Waals surface area contributed by atoms with Crippen molar-refractivity contribution in [3.05, 3.63) is 22.8 Å². The maximum Gasteiger partial charge on any atom is 0.163 e. The number of fused-ring (bicyclic) bond motifs is 1. The van der Waals surface area contributed by atoms with Crippen molar-refractivity contribution in [1.29, 1.82) is 0 Å². The van der Waals surface area contributed by atoms with Gasteiger partial charge in [-0.25, -0.2) is 0 Å². The molecule has 1 aliphatic heterocycles. The average molecular weight is 252 g/mol. The SMILES string of the molecule is Cc1cc(OP)c(C)c2c1OC(C)(C=O)CC2. The molecule has 1 aromatic rings. The highest BCUT2D eigenvalue weighted by Gasteiger charge is 2.33. The molecule has 17 heavy (non-hydrogen) atoms. The second-order valence-corrected chi connectivity index (χ2v) is 5.01. The molecular formula is C13H17O3P. The Morgan fingerprint density at radius 1 is 1.53 bits per heavy atom. The lowest BCUT2D eigenvalue weighted by Gasteiger charge is -2.33. The molecule has 1 aromatic carbocycles. The van der Waals surface area contributed by atoms with Crippen LogP contribution in [0.2, 0.25) is 0 Å². The van der Waals surface area contributed by atoms with Crippen molar-refractivity contribution < 1.29 is 14.1 Å². The first-order valence-corrected chi connectivity index (χ1v) is 6.13. The van der Waals surface area contributed by atoms with Crippen LogP contribution in [0.3, 0.4) is 0 Å². The van der Waals surface area contributed by atoms with Crippen molar-refractivity contribution in [2.75, 3.05) is 0 Å². The Kier molecular flexibility index (Phi) is 3.13. The van der Waals surface area contributed by atoms with E-state index in [4.69, 9.17) is 9.26 Å². The molecule has 0 aliphatic carbocycles. The quantitative estimate of drug-likeness (QED) is 0.599. The van der Waals surface area contributed by atoms with Gasteiger partial charge in [0.2, 0.25) is 0 Å². The van der Waals surface area contributed by atoms with Gasteiger partial charge in [-0.1, -0.05) is 0 Å². The molecule has 0 fully saturated rings. The Bertz CT molecular complexity index is 470. The van der Waals surface area contributed by atoms with Crippen molar-refractivity contribution >= 4 is 15.8 Å². The summed E-state index contributed by atoms with van der Waals surface area (Å²) in [4.78, 5) is 11.1. The fourth-order valence-corrected chi connectivity index (χ4v) is 2.48. The van der Waals surface area contributed by atoms with E-state index in [2.05, 4.69) is 9.47 Å². The predicted octanol–water partition coefficient (Wildman–Crippen LogP) is 2.75. The number of carbonyl (C=O) groups is 1. The number of ether oxygens (including phenoxy) is 1. The molecular weight excluding hydrogens is 235 g/mol. The molecule has 0 aromatic heterocycles. The van der Waals surface area contributed by atoms with Gasteiger partial charge < -0.3 is 9.26 Å². The minimum absolute atomic E-state index is 0.687. The zero-order valence-corrected chi connectivity index (χ0v) is 11.5. The first-order chi connectivity index (χ1) is 8.00. The third-order valence-corrected chi connectivity index (χ3v) is 3.64. The van der Waals surface area contributed by atoms with Crippen LogP contribution in [-0.4, -0.2) is 11.9 Å². The summed E-state index contributed by atoms with van der Waals surface area (Å²) in [6.07, 6.45) is 2.45. The summed E-state index contributed by atoms with van der Waals surface area (Å²) in [7, 11) is 2.27. The number of benzene rings is 1. The Labute approximate surface area is 104 Å². The number of aryl methyl sites for hydroxylation is 1. The van der Waals surface area contributed by atoms with Gasteiger partial charge in [-0.2, -0.15) is 0 Å². The third-order valence-electron chi connectivity index (χ3n) is 3.38. The van der Waals surface area contributed by atoms with E-state index in [0.717, 1.165) is 40.9 Å². The molecule has 0 spiro atoms. The van der Waals surface area contributed by atoms with E-state index in [0.29, 0.717) is 6.42 Å². The van der Waals surface area contributed by atoms with Crippen LogP contribution < -0.4 is 9.26 Å². The highest BCUT2D eigenvalue weighted by molar-refractivity contribution is 7.10. The number of carbonyl (C=O) groups excluding carboxylic acids is 1. The molecule has 0 saturated heterocycles. The molecule has 0 bridgehead atoms. The van der Waals surface area contributed by atoms with E-state index in [9.17, 15) is 4.79 Å². The van der Waals surface area contributed by atoms with Gasteiger partial charge in [-0.05, 0) is 50.8 Å². The van der Waals surface area contributed by atoms with E-state index in [-0.39, 0.29) is 0 Å². The second-order valence-electron chi connectivity index (χ2n) is 4.77. The van der Waals surface area contributed by atoms with Gasteiger partial charge >= 0.3 is 0 Å². The molecule has 92 valence electrons. The smallest absolute Gasteiger partial charge is 0.163 e. The van der Waals surface area contributed by atoms with Crippen molar-refractivity contribution in [1.82, 2.24) is 0 Å². The Hall–Kier alpha value is -1.08. The molecule has 2 unspecified atom stereocenters.